The number of likely N-dealkylation sites (tertiary alicyclic amines) is 1. The first-order chi connectivity index (χ1) is 8.69. The standard InChI is InChI=1S/C15H31N3/c1-3-18-9-5-8-15(18)12-17(2)11-13-6-4-7-14(16)10-13/h13-15H,3-12,16H2,1-2H3. The molecule has 3 nitrogen and oxygen atoms in total. The van der Waals surface area contributed by atoms with Crippen LogP contribution in [0.2, 0.25) is 0 Å². The molecule has 0 spiro atoms. The molecule has 3 atom stereocenters. The van der Waals surface area contributed by atoms with E-state index in [1.807, 2.05) is 0 Å². The lowest BCUT2D eigenvalue weighted by Gasteiger charge is -2.33. The predicted molar refractivity (Wildman–Crippen MR) is 77.7 cm³/mol. The lowest BCUT2D eigenvalue weighted by atomic mass is 9.86. The van der Waals surface area contributed by atoms with Crippen LogP contribution in [-0.2, 0) is 0 Å². The molecule has 0 aromatic rings. The molecule has 1 heterocycles. The normalized spacial score (nSPS) is 34.3. The minimum Gasteiger partial charge on any atom is -0.328 e. The number of nitrogens with zero attached hydrogens (tertiary/aromatic N) is 2. The van der Waals surface area contributed by atoms with E-state index in [1.165, 1.54) is 64.7 Å². The van der Waals surface area contributed by atoms with E-state index in [4.69, 9.17) is 5.73 Å². The smallest absolute Gasteiger partial charge is 0.0223 e. The maximum atomic E-state index is 6.08. The van der Waals surface area contributed by atoms with Crippen LogP contribution >= 0.6 is 0 Å². The molecular formula is C15H31N3. The van der Waals surface area contributed by atoms with Gasteiger partial charge in [0.05, 0.1) is 0 Å². The van der Waals surface area contributed by atoms with E-state index in [-0.39, 0.29) is 0 Å². The van der Waals surface area contributed by atoms with Crippen molar-refractivity contribution < 1.29 is 0 Å². The van der Waals surface area contributed by atoms with Crippen LogP contribution in [0.25, 0.3) is 0 Å². The predicted octanol–water partition coefficient (Wildman–Crippen LogP) is 1.92. The van der Waals surface area contributed by atoms with Crippen LogP contribution in [0.4, 0.5) is 0 Å². The largest absolute Gasteiger partial charge is 0.328 e. The molecule has 0 aromatic heterocycles. The first-order valence-corrected chi connectivity index (χ1v) is 7.87. The Balaban J connectivity index is 1.72. The van der Waals surface area contributed by atoms with Crippen molar-refractivity contribution in [3.63, 3.8) is 0 Å². The summed E-state index contributed by atoms with van der Waals surface area (Å²) in [5, 5.41) is 0. The van der Waals surface area contributed by atoms with E-state index in [9.17, 15) is 0 Å². The number of hydrogen-bond donors (Lipinski definition) is 1. The molecule has 106 valence electrons. The fraction of sp³-hybridized carbons (Fsp3) is 1.00. The van der Waals surface area contributed by atoms with Gasteiger partial charge >= 0.3 is 0 Å². The summed E-state index contributed by atoms with van der Waals surface area (Å²) in [7, 11) is 2.30. The highest BCUT2D eigenvalue weighted by molar-refractivity contribution is 4.82. The second-order valence-electron chi connectivity index (χ2n) is 6.44. The van der Waals surface area contributed by atoms with Gasteiger partial charge in [0, 0.05) is 25.2 Å². The van der Waals surface area contributed by atoms with Gasteiger partial charge in [0.15, 0.2) is 0 Å². The first kappa shape index (κ1) is 14.3. The maximum Gasteiger partial charge on any atom is 0.0223 e. The van der Waals surface area contributed by atoms with Gasteiger partial charge in [0.25, 0.3) is 0 Å². The zero-order valence-corrected chi connectivity index (χ0v) is 12.3. The molecule has 2 fully saturated rings. The monoisotopic (exact) mass is 253 g/mol. The molecular weight excluding hydrogens is 222 g/mol. The van der Waals surface area contributed by atoms with Crippen molar-refractivity contribution in [2.24, 2.45) is 11.7 Å². The molecule has 3 unspecified atom stereocenters. The quantitative estimate of drug-likeness (QED) is 0.812. The Kier molecular flexibility index (Phi) is 5.46. The topological polar surface area (TPSA) is 32.5 Å². The third kappa shape index (κ3) is 3.94. The van der Waals surface area contributed by atoms with Gasteiger partial charge in [-0.1, -0.05) is 13.3 Å². The van der Waals surface area contributed by atoms with E-state index in [2.05, 4.69) is 23.8 Å². The summed E-state index contributed by atoms with van der Waals surface area (Å²) in [6, 6.07) is 1.27. The van der Waals surface area contributed by atoms with Crippen LogP contribution < -0.4 is 5.73 Å². The Bertz CT molecular complexity index is 244. The van der Waals surface area contributed by atoms with Gasteiger partial charge in [0.1, 0.15) is 0 Å². The Hall–Kier alpha value is -0.120. The number of nitrogens with two attached hydrogens (primary N) is 1. The van der Waals surface area contributed by atoms with Crippen molar-refractivity contribution in [3.05, 3.63) is 0 Å². The van der Waals surface area contributed by atoms with Crippen molar-refractivity contribution in [1.82, 2.24) is 9.80 Å². The van der Waals surface area contributed by atoms with E-state index in [0.717, 1.165) is 12.0 Å². The molecule has 0 amide bonds. The van der Waals surface area contributed by atoms with Gasteiger partial charge in [-0.2, -0.15) is 0 Å². The van der Waals surface area contributed by atoms with Crippen LogP contribution in [0.5, 0.6) is 0 Å². The highest BCUT2D eigenvalue weighted by Crippen LogP contribution is 2.24. The van der Waals surface area contributed by atoms with E-state index < -0.39 is 0 Å². The molecule has 0 bridgehead atoms. The number of hydrogen-bond acceptors (Lipinski definition) is 3. The molecule has 1 saturated carbocycles. The molecule has 3 heteroatoms. The molecule has 0 aromatic carbocycles. The van der Waals surface area contributed by atoms with Crippen LogP contribution in [0.15, 0.2) is 0 Å². The van der Waals surface area contributed by atoms with Crippen molar-refractivity contribution >= 4 is 0 Å². The molecule has 0 radical (unpaired) electrons. The number of rotatable bonds is 5. The van der Waals surface area contributed by atoms with Crippen molar-refractivity contribution in [1.29, 1.82) is 0 Å². The molecule has 1 aliphatic heterocycles. The fourth-order valence-corrected chi connectivity index (χ4v) is 3.89. The molecule has 2 aliphatic rings. The van der Waals surface area contributed by atoms with Gasteiger partial charge in [0.2, 0.25) is 0 Å². The average Bonchev–Trinajstić information content (AvgIpc) is 2.76. The summed E-state index contributed by atoms with van der Waals surface area (Å²) in [5.41, 5.74) is 6.08. The highest BCUT2D eigenvalue weighted by Gasteiger charge is 2.26. The van der Waals surface area contributed by atoms with Crippen molar-refractivity contribution in [2.75, 3.05) is 33.2 Å². The molecule has 1 aliphatic carbocycles. The van der Waals surface area contributed by atoms with Gasteiger partial charge in [-0.25, -0.2) is 0 Å². The average molecular weight is 253 g/mol. The van der Waals surface area contributed by atoms with Crippen LogP contribution in [0.3, 0.4) is 0 Å². The minimum atomic E-state index is 0.468. The summed E-state index contributed by atoms with van der Waals surface area (Å²) < 4.78 is 0. The van der Waals surface area contributed by atoms with Crippen LogP contribution in [0.1, 0.15) is 45.4 Å². The van der Waals surface area contributed by atoms with Crippen molar-refractivity contribution in [2.45, 2.75) is 57.5 Å². The molecule has 18 heavy (non-hydrogen) atoms. The summed E-state index contributed by atoms with van der Waals surface area (Å²) in [4.78, 5) is 5.20. The summed E-state index contributed by atoms with van der Waals surface area (Å²) in [6.45, 7) is 7.32. The second kappa shape index (κ2) is 6.88. The third-order valence-electron chi connectivity index (χ3n) is 4.82. The minimum absolute atomic E-state index is 0.468. The second-order valence-corrected chi connectivity index (χ2v) is 6.44. The van der Waals surface area contributed by atoms with Gasteiger partial charge < -0.3 is 10.6 Å². The zero-order chi connectivity index (χ0) is 13.0. The zero-order valence-electron chi connectivity index (χ0n) is 12.3. The first-order valence-electron chi connectivity index (χ1n) is 7.87. The summed E-state index contributed by atoms with van der Waals surface area (Å²) in [6.07, 6.45) is 7.99. The Labute approximate surface area is 113 Å². The van der Waals surface area contributed by atoms with Crippen molar-refractivity contribution in [3.8, 4) is 0 Å². The molecule has 1 saturated heterocycles. The maximum absolute atomic E-state index is 6.08. The van der Waals surface area contributed by atoms with E-state index in [0.29, 0.717) is 6.04 Å². The Morgan fingerprint density at radius 2 is 2.00 bits per heavy atom. The highest BCUT2D eigenvalue weighted by atomic mass is 15.2. The molecule has 2 rings (SSSR count). The fourth-order valence-electron chi connectivity index (χ4n) is 3.89. The Morgan fingerprint density at radius 3 is 2.72 bits per heavy atom. The molecule has 2 N–H and O–H groups in total. The Morgan fingerprint density at radius 1 is 1.17 bits per heavy atom. The lowest BCUT2D eigenvalue weighted by Crippen LogP contribution is -2.41. The van der Waals surface area contributed by atoms with Crippen LogP contribution in [-0.4, -0.2) is 55.1 Å². The third-order valence-corrected chi connectivity index (χ3v) is 4.82. The van der Waals surface area contributed by atoms with Gasteiger partial charge in [-0.3, -0.25) is 4.90 Å². The van der Waals surface area contributed by atoms with Crippen LogP contribution in [0, 0.1) is 5.92 Å². The SMILES string of the molecule is CCN1CCCC1CN(C)CC1CCCC(N)C1. The van der Waals surface area contributed by atoms with E-state index in [1.54, 1.807) is 0 Å². The lowest BCUT2D eigenvalue weighted by molar-refractivity contribution is 0.166. The number of likely N-dealkylation sites (N-methyl/N-ethyl adjacent to an activating group) is 2. The van der Waals surface area contributed by atoms with Gasteiger partial charge in [-0.15, -0.1) is 0 Å². The van der Waals surface area contributed by atoms with Gasteiger partial charge in [-0.05, 0) is 58.2 Å². The van der Waals surface area contributed by atoms with E-state index >= 15 is 0 Å². The summed E-state index contributed by atoms with van der Waals surface area (Å²) in [5.74, 6) is 0.843. The summed E-state index contributed by atoms with van der Waals surface area (Å²) >= 11 is 0.